The van der Waals surface area contributed by atoms with E-state index in [-0.39, 0.29) is 121 Å². The van der Waals surface area contributed by atoms with Crippen molar-refractivity contribution in [3.63, 3.8) is 0 Å². The molecule has 2 aliphatic rings. The van der Waals surface area contributed by atoms with Crippen molar-refractivity contribution in [2.24, 2.45) is 0 Å². The first-order chi connectivity index (χ1) is 17.6. The number of anilines is 1. The molecule has 17 heteroatoms. The Hall–Kier alpha value is -0.207. The Kier molecular flexibility index (Phi) is 14.2. The molecule has 0 unspecified atom stereocenters. The summed E-state index contributed by atoms with van der Waals surface area (Å²) in [5.74, 6) is 0.545. The van der Waals surface area contributed by atoms with Gasteiger partial charge in [0.15, 0.2) is 0 Å². The summed E-state index contributed by atoms with van der Waals surface area (Å²) >= 11 is 18.8. The topological polar surface area (TPSA) is 174 Å². The standard InChI is InChI=1S/C21H20Cl3N7O2.CH2O3.2K/c22-11-5-15(24)18(17(6-11)33-4-3-31-8-12(23)7-26-31)19-14-9-30(21(32)27-13-1-2-13)10-16(14)28-20(25)29-19;2-1(3)4;;/h5-8,13H,1-4,9-10H2,(H,27,32)(H2,25,28,29);(H2,2,3,4);;/q;;2*+1/p-2. The SMILES string of the molecule is Nc1nc2c(c(-c3c(Cl)cc(Cl)cc3OCCn3cc(Cl)cn3)n1)CN(C(=O)NC1CC1)C2.O=C([O-])[O-].[K+].[K+]. The number of fused-ring (bicyclic) bond motifs is 1. The number of nitrogen functional groups attached to an aromatic ring is 1. The van der Waals surface area contributed by atoms with Crippen LogP contribution < -0.4 is 129 Å². The van der Waals surface area contributed by atoms with Crippen LogP contribution in [0.4, 0.5) is 15.5 Å². The van der Waals surface area contributed by atoms with Gasteiger partial charge in [-0.15, -0.1) is 0 Å². The number of nitrogens with zero attached hydrogens (tertiary/aromatic N) is 5. The fourth-order valence-electron chi connectivity index (χ4n) is 3.72. The van der Waals surface area contributed by atoms with E-state index in [0.717, 1.165) is 18.4 Å². The van der Waals surface area contributed by atoms with Crippen LogP contribution >= 0.6 is 34.8 Å². The molecule has 5 rings (SSSR count). The summed E-state index contributed by atoms with van der Waals surface area (Å²) in [6, 6.07) is 3.43. The number of nitrogens with two attached hydrogens (primary N) is 1. The Bertz CT molecular complexity index is 1340. The Morgan fingerprint density at radius 1 is 1.10 bits per heavy atom. The summed E-state index contributed by atoms with van der Waals surface area (Å²) < 4.78 is 7.71. The van der Waals surface area contributed by atoms with Gasteiger partial charge in [0.1, 0.15) is 12.4 Å². The van der Waals surface area contributed by atoms with E-state index in [0.29, 0.717) is 64.0 Å². The van der Waals surface area contributed by atoms with Gasteiger partial charge >= 0.3 is 109 Å². The fraction of sp³-hybridized carbons (Fsp3) is 0.318. The summed E-state index contributed by atoms with van der Waals surface area (Å²) in [5, 5.41) is 25.1. The van der Waals surface area contributed by atoms with Crippen molar-refractivity contribution >= 4 is 52.9 Å². The molecular weight excluding hydrogens is 627 g/mol. The van der Waals surface area contributed by atoms with E-state index < -0.39 is 6.16 Å². The van der Waals surface area contributed by atoms with Crippen molar-refractivity contribution in [2.75, 3.05) is 12.3 Å². The van der Waals surface area contributed by atoms with Gasteiger partial charge in [-0.2, -0.15) is 5.10 Å². The number of hydrogen-bond donors (Lipinski definition) is 2. The average Bonchev–Trinajstić information content (AvgIpc) is 3.34. The van der Waals surface area contributed by atoms with Crippen LogP contribution in [0.25, 0.3) is 11.3 Å². The number of urea groups is 1. The molecular formula is C22H20Cl3K2N7O5. The van der Waals surface area contributed by atoms with Crippen LogP contribution in [0.15, 0.2) is 24.5 Å². The van der Waals surface area contributed by atoms with Crippen LogP contribution in [-0.4, -0.2) is 49.5 Å². The fourth-order valence-corrected chi connectivity index (χ4v) is 4.44. The van der Waals surface area contributed by atoms with Crippen LogP contribution in [0.5, 0.6) is 5.75 Å². The smallest absolute Gasteiger partial charge is 0.652 e. The van der Waals surface area contributed by atoms with Crippen molar-refractivity contribution in [2.45, 2.75) is 38.5 Å². The second kappa shape index (κ2) is 15.9. The van der Waals surface area contributed by atoms with Crippen molar-refractivity contribution in [3.8, 4) is 17.0 Å². The Balaban J connectivity index is 0.000000834. The van der Waals surface area contributed by atoms with Crippen LogP contribution in [0.2, 0.25) is 15.1 Å². The number of benzene rings is 1. The van der Waals surface area contributed by atoms with Crippen LogP contribution in [0.1, 0.15) is 24.1 Å². The molecule has 3 heterocycles. The van der Waals surface area contributed by atoms with Crippen LogP contribution in [0, 0.1) is 0 Å². The molecule has 1 aliphatic heterocycles. The molecule has 1 fully saturated rings. The Morgan fingerprint density at radius 3 is 2.41 bits per heavy atom. The quantitative estimate of drug-likeness (QED) is 0.251. The van der Waals surface area contributed by atoms with Crippen LogP contribution in [0.3, 0.4) is 0 Å². The largest absolute Gasteiger partial charge is 1.00 e. The molecule has 1 aliphatic carbocycles. The van der Waals surface area contributed by atoms with E-state index in [2.05, 4.69) is 20.4 Å². The zero-order valence-electron chi connectivity index (χ0n) is 21.1. The zero-order valence-corrected chi connectivity index (χ0v) is 29.6. The molecule has 3 N–H and O–H groups in total. The Labute approximate surface area is 323 Å². The van der Waals surface area contributed by atoms with E-state index in [1.807, 2.05) is 0 Å². The minimum Gasteiger partial charge on any atom is -0.652 e. The number of hydrogen-bond acceptors (Lipinski definition) is 9. The molecule has 1 saturated carbocycles. The number of rotatable bonds is 6. The summed E-state index contributed by atoms with van der Waals surface area (Å²) in [6.07, 6.45) is 2.95. The number of ether oxygens (including phenoxy) is 1. The minimum absolute atomic E-state index is 0. The zero-order chi connectivity index (χ0) is 26.7. The molecule has 0 radical (unpaired) electrons. The third-order valence-electron chi connectivity index (χ3n) is 5.43. The van der Waals surface area contributed by atoms with E-state index >= 15 is 0 Å². The van der Waals surface area contributed by atoms with Gasteiger partial charge in [-0.05, 0) is 31.1 Å². The molecule has 196 valence electrons. The van der Waals surface area contributed by atoms with Crippen molar-refractivity contribution < 1.29 is 127 Å². The summed E-state index contributed by atoms with van der Waals surface area (Å²) in [6.45, 7) is 1.44. The third-order valence-corrected chi connectivity index (χ3v) is 6.14. The molecule has 39 heavy (non-hydrogen) atoms. The molecule has 3 aromatic rings. The second-order valence-corrected chi connectivity index (χ2v) is 9.50. The molecule has 12 nitrogen and oxygen atoms in total. The maximum atomic E-state index is 12.6. The molecule has 0 atom stereocenters. The maximum absolute atomic E-state index is 12.6. The number of carboxylic acid groups (broad SMARTS) is 2. The monoisotopic (exact) mass is 645 g/mol. The number of carbonyl (C=O) groups is 2. The van der Waals surface area contributed by atoms with Gasteiger partial charge in [-0.1, -0.05) is 34.8 Å². The van der Waals surface area contributed by atoms with Gasteiger partial charge in [-0.3, -0.25) is 4.68 Å². The predicted molar refractivity (Wildman–Crippen MR) is 131 cm³/mol. The van der Waals surface area contributed by atoms with Crippen molar-refractivity contribution in [3.05, 3.63) is 50.9 Å². The molecule has 0 spiro atoms. The first-order valence-electron chi connectivity index (χ1n) is 11.0. The summed E-state index contributed by atoms with van der Waals surface area (Å²) in [4.78, 5) is 31.5. The molecule has 1 aromatic carbocycles. The number of carbonyl (C=O) groups excluding carboxylic acids is 2. The van der Waals surface area contributed by atoms with Gasteiger partial charge < -0.3 is 35.7 Å². The average molecular weight is 647 g/mol. The van der Waals surface area contributed by atoms with Gasteiger partial charge in [0, 0.05) is 22.8 Å². The van der Waals surface area contributed by atoms with E-state index in [1.165, 1.54) is 0 Å². The summed E-state index contributed by atoms with van der Waals surface area (Å²) in [7, 11) is 0. The third kappa shape index (κ3) is 9.94. The number of aromatic nitrogens is 4. The van der Waals surface area contributed by atoms with E-state index in [9.17, 15) is 4.79 Å². The van der Waals surface area contributed by atoms with E-state index in [1.54, 1.807) is 34.1 Å². The van der Waals surface area contributed by atoms with Gasteiger partial charge in [0.25, 0.3) is 0 Å². The molecule has 2 aromatic heterocycles. The maximum Gasteiger partial charge on any atom is 1.00 e. The van der Waals surface area contributed by atoms with Gasteiger partial charge in [-0.25, -0.2) is 14.8 Å². The first-order valence-corrected chi connectivity index (χ1v) is 12.1. The minimum atomic E-state index is -2.33. The van der Waals surface area contributed by atoms with E-state index in [4.69, 9.17) is 60.3 Å². The second-order valence-electron chi connectivity index (χ2n) is 8.22. The van der Waals surface area contributed by atoms with Gasteiger partial charge in [0.2, 0.25) is 5.95 Å². The molecule has 2 amide bonds. The molecule has 0 bridgehead atoms. The summed E-state index contributed by atoms with van der Waals surface area (Å²) in [5.41, 5.74) is 8.56. The number of halogens is 3. The number of nitrogens with one attached hydrogen (secondary N) is 1. The molecule has 0 saturated heterocycles. The normalized spacial score (nSPS) is 13.3. The number of amides is 2. The van der Waals surface area contributed by atoms with Crippen LogP contribution in [-0.2, 0) is 19.6 Å². The van der Waals surface area contributed by atoms with Crippen molar-refractivity contribution in [1.82, 2.24) is 30.0 Å². The predicted octanol–water partition coefficient (Wildman–Crippen LogP) is -4.29. The first kappa shape index (κ1) is 35.0. The van der Waals surface area contributed by atoms with Crippen molar-refractivity contribution in [1.29, 1.82) is 0 Å². The van der Waals surface area contributed by atoms with Gasteiger partial charge in [0.05, 0.1) is 52.8 Å². The Morgan fingerprint density at radius 2 is 1.79 bits per heavy atom.